The largest absolute Gasteiger partial charge is 0.416 e. The molecule has 1 heterocycles. The second-order valence-electron chi connectivity index (χ2n) is 5.31. The maximum atomic E-state index is 13.8. The fourth-order valence-electron chi connectivity index (χ4n) is 2.32. The molecular weight excluding hydrogens is 324 g/mol. The minimum absolute atomic E-state index is 0. The summed E-state index contributed by atoms with van der Waals surface area (Å²) in [4.78, 5) is 13.7. The molecule has 0 aromatic heterocycles. The van der Waals surface area contributed by atoms with Crippen LogP contribution in [-0.2, 0) is 6.18 Å². The van der Waals surface area contributed by atoms with Crippen LogP contribution in [0, 0.1) is 5.82 Å². The van der Waals surface area contributed by atoms with Gasteiger partial charge in [0.15, 0.2) is 0 Å². The first-order chi connectivity index (χ1) is 9.70. The molecule has 1 N–H and O–H groups in total. The Morgan fingerprint density at radius 2 is 1.95 bits per heavy atom. The number of nitrogens with zero attached hydrogens (tertiary/aromatic N) is 1. The number of hydrogen-bond acceptors (Lipinski definition) is 2. The van der Waals surface area contributed by atoms with Gasteiger partial charge in [-0.2, -0.15) is 13.2 Å². The molecular formula is C14H17ClF4N2O. The quantitative estimate of drug-likeness (QED) is 0.797. The molecule has 0 radical (unpaired) electrons. The number of alkyl halides is 3. The maximum absolute atomic E-state index is 13.8. The van der Waals surface area contributed by atoms with Crippen LogP contribution in [0.1, 0.15) is 29.8 Å². The van der Waals surface area contributed by atoms with E-state index in [-0.39, 0.29) is 24.5 Å². The van der Waals surface area contributed by atoms with Crippen LogP contribution in [0.3, 0.4) is 0 Å². The number of hydrogen-bond donors (Lipinski definition) is 1. The number of amides is 1. The third-order valence-corrected chi connectivity index (χ3v) is 3.55. The summed E-state index contributed by atoms with van der Waals surface area (Å²) < 4.78 is 51.8. The minimum atomic E-state index is -4.61. The number of carbonyl (C=O) groups is 1. The van der Waals surface area contributed by atoms with Crippen molar-refractivity contribution in [2.45, 2.75) is 32.1 Å². The van der Waals surface area contributed by atoms with E-state index in [0.29, 0.717) is 31.3 Å². The molecule has 0 bridgehead atoms. The summed E-state index contributed by atoms with van der Waals surface area (Å²) in [6, 6.07) is 1.71. The van der Waals surface area contributed by atoms with Gasteiger partial charge in [-0.1, -0.05) is 0 Å². The Morgan fingerprint density at radius 3 is 2.55 bits per heavy atom. The molecule has 1 amide bonds. The molecule has 1 aromatic rings. The normalized spacial score (nSPS) is 22.2. The van der Waals surface area contributed by atoms with Gasteiger partial charge in [0.2, 0.25) is 0 Å². The standard InChI is InChI=1S/C14H16F4N2O.ClH/c1-8-7-20(9(2)6-19-8)13(21)11-5-10(14(16,17)18)3-4-12(11)15;/h3-5,8-9,19H,6-7H2,1-2H3;1H. The first-order valence-corrected chi connectivity index (χ1v) is 6.61. The molecule has 3 nitrogen and oxygen atoms in total. The molecule has 124 valence electrons. The maximum Gasteiger partial charge on any atom is 0.416 e. The summed E-state index contributed by atoms with van der Waals surface area (Å²) in [5, 5.41) is 3.15. The van der Waals surface area contributed by atoms with Crippen LogP contribution >= 0.6 is 12.4 Å². The number of halogens is 5. The first-order valence-electron chi connectivity index (χ1n) is 6.61. The molecule has 0 aliphatic carbocycles. The molecule has 1 aliphatic heterocycles. The monoisotopic (exact) mass is 340 g/mol. The van der Waals surface area contributed by atoms with Crippen molar-refractivity contribution in [3.63, 3.8) is 0 Å². The molecule has 2 unspecified atom stereocenters. The van der Waals surface area contributed by atoms with Gasteiger partial charge in [-0.15, -0.1) is 12.4 Å². The Labute approximate surface area is 132 Å². The number of rotatable bonds is 1. The van der Waals surface area contributed by atoms with Gasteiger partial charge >= 0.3 is 6.18 Å². The number of carbonyl (C=O) groups excluding carboxylic acids is 1. The third-order valence-electron chi connectivity index (χ3n) is 3.55. The van der Waals surface area contributed by atoms with E-state index in [4.69, 9.17) is 0 Å². The van der Waals surface area contributed by atoms with E-state index in [1.807, 2.05) is 6.92 Å². The molecule has 22 heavy (non-hydrogen) atoms. The summed E-state index contributed by atoms with van der Waals surface area (Å²) in [5.41, 5.74) is -1.56. The highest BCUT2D eigenvalue weighted by Crippen LogP contribution is 2.30. The Morgan fingerprint density at radius 1 is 1.32 bits per heavy atom. The second kappa shape index (κ2) is 6.83. The fraction of sp³-hybridized carbons (Fsp3) is 0.500. The number of nitrogens with one attached hydrogen (secondary N) is 1. The topological polar surface area (TPSA) is 32.3 Å². The van der Waals surface area contributed by atoms with Crippen LogP contribution in [0.5, 0.6) is 0 Å². The third kappa shape index (κ3) is 3.89. The van der Waals surface area contributed by atoms with Crippen LogP contribution in [0.15, 0.2) is 18.2 Å². The van der Waals surface area contributed by atoms with Gasteiger partial charge in [-0.05, 0) is 32.0 Å². The Balaban J connectivity index is 0.00000242. The zero-order valence-corrected chi connectivity index (χ0v) is 12.9. The highest BCUT2D eigenvalue weighted by molar-refractivity contribution is 5.95. The molecule has 1 aromatic carbocycles. The van der Waals surface area contributed by atoms with Gasteiger partial charge < -0.3 is 10.2 Å². The van der Waals surface area contributed by atoms with E-state index >= 15 is 0 Å². The molecule has 2 atom stereocenters. The van der Waals surface area contributed by atoms with Crippen molar-refractivity contribution in [1.29, 1.82) is 0 Å². The number of piperazine rings is 1. The van der Waals surface area contributed by atoms with Crippen molar-refractivity contribution < 1.29 is 22.4 Å². The summed E-state index contributed by atoms with van der Waals surface area (Å²) in [6.45, 7) is 4.47. The van der Waals surface area contributed by atoms with Crippen molar-refractivity contribution in [2.75, 3.05) is 13.1 Å². The van der Waals surface area contributed by atoms with Crippen LogP contribution < -0.4 is 5.32 Å². The van der Waals surface area contributed by atoms with Crippen molar-refractivity contribution in [1.82, 2.24) is 10.2 Å². The molecule has 1 fully saturated rings. The van der Waals surface area contributed by atoms with Gasteiger partial charge in [-0.3, -0.25) is 4.79 Å². The van der Waals surface area contributed by atoms with Crippen LogP contribution in [0.2, 0.25) is 0 Å². The van der Waals surface area contributed by atoms with Crippen LogP contribution in [-0.4, -0.2) is 36.0 Å². The number of benzene rings is 1. The SMILES string of the molecule is CC1CN(C(=O)c2cc(C(F)(F)F)ccc2F)C(C)CN1.Cl. The lowest BCUT2D eigenvalue weighted by Crippen LogP contribution is -2.56. The molecule has 0 saturated carbocycles. The second-order valence-corrected chi connectivity index (χ2v) is 5.31. The average Bonchev–Trinajstić information content (AvgIpc) is 2.40. The van der Waals surface area contributed by atoms with Crippen molar-refractivity contribution >= 4 is 18.3 Å². The van der Waals surface area contributed by atoms with Crippen molar-refractivity contribution in [3.8, 4) is 0 Å². The summed E-state index contributed by atoms with van der Waals surface area (Å²) in [5.74, 6) is -1.65. The highest BCUT2D eigenvalue weighted by Gasteiger charge is 2.34. The van der Waals surface area contributed by atoms with E-state index in [0.717, 1.165) is 0 Å². The summed E-state index contributed by atoms with van der Waals surface area (Å²) >= 11 is 0. The smallest absolute Gasteiger partial charge is 0.333 e. The lowest BCUT2D eigenvalue weighted by atomic mass is 10.1. The Hall–Kier alpha value is -1.34. The zero-order valence-electron chi connectivity index (χ0n) is 12.1. The van der Waals surface area contributed by atoms with Crippen molar-refractivity contribution in [3.05, 3.63) is 35.1 Å². The minimum Gasteiger partial charge on any atom is -0.333 e. The predicted octanol–water partition coefficient (Wildman–Crippen LogP) is 3.09. The van der Waals surface area contributed by atoms with Gasteiger partial charge in [0.25, 0.3) is 5.91 Å². The van der Waals surface area contributed by atoms with Gasteiger partial charge in [-0.25, -0.2) is 4.39 Å². The molecule has 1 saturated heterocycles. The van der Waals surface area contributed by atoms with Gasteiger partial charge in [0.05, 0.1) is 11.1 Å². The van der Waals surface area contributed by atoms with Crippen LogP contribution in [0.4, 0.5) is 17.6 Å². The van der Waals surface area contributed by atoms with E-state index < -0.39 is 29.0 Å². The molecule has 8 heteroatoms. The lowest BCUT2D eigenvalue weighted by molar-refractivity contribution is -0.137. The van der Waals surface area contributed by atoms with Gasteiger partial charge in [0.1, 0.15) is 5.82 Å². The molecule has 2 rings (SSSR count). The first kappa shape index (κ1) is 18.7. The van der Waals surface area contributed by atoms with E-state index in [2.05, 4.69) is 5.32 Å². The Bertz CT molecular complexity index is 550. The van der Waals surface area contributed by atoms with Crippen LogP contribution in [0.25, 0.3) is 0 Å². The lowest BCUT2D eigenvalue weighted by Gasteiger charge is -2.37. The van der Waals surface area contributed by atoms with Crippen molar-refractivity contribution in [2.24, 2.45) is 0 Å². The molecule has 1 aliphatic rings. The summed E-state index contributed by atoms with van der Waals surface area (Å²) in [6.07, 6.45) is -4.61. The van der Waals surface area contributed by atoms with E-state index in [1.165, 1.54) is 4.90 Å². The predicted molar refractivity (Wildman–Crippen MR) is 76.6 cm³/mol. The Kier molecular flexibility index (Phi) is 5.81. The van der Waals surface area contributed by atoms with E-state index in [9.17, 15) is 22.4 Å². The van der Waals surface area contributed by atoms with Gasteiger partial charge in [0, 0.05) is 25.2 Å². The zero-order chi connectivity index (χ0) is 15.8. The highest BCUT2D eigenvalue weighted by atomic mass is 35.5. The summed E-state index contributed by atoms with van der Waals surface area (Å²) in [7, 11) is 0. The fourth-order valence-corrected chi connectivity index (χ4v) is 2.32. The van der Waals surface area contributed by atoms with E-state index in [1.54, 1.807) is 6.92 Å². The molecule has 0 spiro atoms. The average molecular weight is 341 g/mol.